The first kappa shape index (κ1) is 21.6. The van der Waals surface area contributed by atoms with Crippen molar-refractivity contribution in [3.05, 3.63) is 59.7 Å². The molecular formula is C25H27N5O2. The summed E-state index contributed by atoms with van der Waals surface area (Å²) in [5.41, 5.74) is 2.15. The zero-order chi connectivity index (χ0) is 22.9. The zero-order valence-corrected chi connectivity index (χ0v) is 18.4. The number of hydrogen-bond acceptors (Lipinski definition) is 4. The summed E-state index contributed by atoms with van der Waals surface area (Å²) in [4.78, 5) is 28.4. The molecule has 2 aliphatic rings. The maximum atomic E-state index is 13.4. The number of nitrogens with one attached hydrogen (secondary N) is 2. The Hall–Kier alpha value is -3.66. The molecule has 1 atom stereocenters. The Labute approximate surface area is 188 Å². The van der Waals surface area contributed by atoms with Crippen LogP contribution in [0.15, 0.2) is 48.5 Å². The van der Waals surface area contributed by atoms with Gasteiger partial charge in [-0.3, -0.25) is 19.9 Å². The third-order valence-electron chi connectivity index (χ3n) is 6.58. The molecule has 2 heterocycles. The molecule has 2 aromatic carbocycles. The lowest BCUT2D eigenvalue weighted by Gasteiger charge is -2.33. The van der Waals surface area contributed by atoms with Gasteiger partial charge in [0.15, 0.2) is 5.96 Å². The van der Waals surface area contributed by atoms with Gasteiger partial charge in [-0.15, -0.1) is 0 Å². The second-order valence-corrected chi connectivity index (χ2v) is 8.74. The van der Waals surface area contributed by atoms with E-state index in [2.05, 4.69) is 11.4 Å². The predicted octanol–water partition coefficient (Wildman–Crippen LogP) is 3.07. The molecule has 164 valence electrons. The summed E-state index contributed by atoms with van der Waals surface area (Å²) < 4.78 is 0. The van der Waals surface area contributed by atoms with E-state index < -0.39 is 5.54 Å². The Kier molecular flexibility index (Phi) is 5.70. The highest BCUT2D eigenvalue weighted by molar-refractivity contribution is 6.08. The summed E-state index contributed by atoms with van der Waals surface area (Å²) in [5, 5.41) is 20.7. The summed E-state index contributed by atoms with van der Waals surface area (Å²) in [6.07, 6.45) is 1.66. The molecule has 2 amide bonds. The van der Waals surface area contributed by atoms with Gasteiger partial charge in [-0.1, -0.05) is 30.3 Å². The van der Waals surface area contributed by atoms with Crippen LogP contribution in [0.25, 0.3) is 11.1 Å². The van der Waals surface area contributed by atoms with Crippen molar-refractivity contribution >= 4 is 17.8 Å². The number of nitrogens with zero attached hydrogens (tertiary/aromatic N) is 3. The molecule has 2 saturated heterocycles. The van der Waals surface area contributed by atoms with Gasteiger partial charge in [0.05, 0.1) is 11.6 Å². The van der Waals surface area contributed by atoms with Gasteiger partial charge in [-0.05, 0) is 60.6 Å². The third-order valence-corrected chi connectivity index (χ3v) is 6.58. The number of amides is 2. The third kappa shape index (κ3) is 3.96. The molecule has 0 saturated carbocycles. The minimum atomic E-state index is -1.03. The normalized spacial score (nSPS) is 21.4. The molecule has 4 rings (SSSR count). The van der Waals surface area contributed by atoms with E-state index in [-0.39, 0.29) is 23.7 Å². The van der Waals surface area contributed by atoms with Crippen molar-refractivity contribution in [1.29, 1.82) is 10.7 Å². The molecule has 0 radical (unpaired) electrons. The van der Waals surface area contributed by atoms with E-state index in [1.54, 1.807) is 13.0 Å². The molecular weight excluding hydrogens is 402 g/mol. The maximum Gasteiger partial charge on any atom is 0.259 e. The molecule has 1 unspecified atom stereocenters. The first-order chi connectivity index (χ1) is 15.3. The van der Waals surface area contributed by atoms with Crippen molar-refractivity contribution in [2.45, 2.75) is 32.2 Å². The number of carbonyl (C=O) groups is 2. The van der Waals surface area contributed by atoms with Gasteiger partial charge in [-0.2, -0.15) is 5.26 Å². The second-order valence-electron chi connectivity index (χ2n) is 8.74. The number of benzene rings is 2. The van der Waals surface area contributed by atoms with E-state index in [0.717, 1.165) is 29.5 Å². The standard InChI is InChI=1S/C25H27N5O2/c1-17(31)29-11-9-18(10-12-29)16-30-23(32)25(2,28-24(30)27)22-8-4-7-21(14-22)20-6-3-5-19(13-20)15-26/h3-8,13-14,18H,9-12,16H2,1-2H3,(H2,27,28). The largest absolute Gasteiger partial charge is 0.343 e. The Morgan fingerprint density at radius 3 is 2.50 bits per heavy atom. The highest BCUT2D eigenvalue weighted by Crippen LogP contribution is 2.33. The SMILES string of the molecule is CC(=O)N1CCC(CN2C(=N)NC(C)(c3cccc(-c4cccc(C#N)c4)c3)C2=O)CC1. The van der Waals surface area contributed by atoms with Crippen molar-refractivity contribution in [3.8, 4) is 17.2 Å². The highest BCUT2D eigenvalue weighted by atomic mass is 16.2. The van der Waals surface area contributed by atoms with Crippen LogP contribution in [0.2, 0.25) is 0 Å². The van der Waals surface area contributed by atoms with E-state index >= 15 is 0 Å². The van der Waals surface area contributed by atoms with Gasteiger partial charge >= 0.3 is 0 Å². The Bertz CT molecular complexity index is 1110. The van der Waals surface area contributed by atoms with E-state index in [1.807, 2.05) is 54.3 Å². The predicted molar refractivity (Wildman–Crippen MR) is 121 cm³/mol. The fourth-order valence-electron chi connectivity index (χ4n) is 4.57. The quantitative estimate of drug-likeness (QED) is 0.780. The molecule has 0 aromatic heterocycles. The number of hydrogen-bond donors (Lipinski definition) is 2. The van der Waals surface area contributed by atoms with Crippen LogP contribution in [0.4, 0.5) is 0 Å². The molecule has 2 aromatic rings. The first-order valence-electron chi connectivity index (χ1n) is 10.9. The Balaban J connectivity index is 1.53. The molecule has 0 spiro atoms. The lowest BCUT2D eigenvalue weighted by Crippen LogP contribution is -2.43. The summed E-state index contributed by atoms with van der Waals surface area (Å²) in [5.74, 6) is 0.324. The molecule has 7 heteroatoms. The molecule has 2 fully saturated rings. The summed E-state index contributed by atoms with van der Waals surface area (Å²) in [6.45, 7) is 5.27. The van der Waals surface area contributed by atoms with Crippen molar-refractivity contribution in [1.82, 2.24) is 15.1 Å². The fourth-order valence-corrected chi connectivity index (χ4v) is 4.57. The summed E-state index contributed by atoms with van der Waals surface area (Å²) >= 11 is 0. The second kappa shape index (κ2) is 8.46. The minimum Gasteiger partial charge on any atom is -0.343 e. The average Bonchev–Trinajstić information content (AvgIpc) is 3.03. The highest BCUT2D eigenvalue weighted by Gasteiger charge is 2.47. The molecule has 7 nitrogen and oxygen atoms in total. The average molecular weight is 430 g/mol. The van der Waals surface area contributed by atoms with Gasteiger partial charge in [-0.25, -0.2) is 0 Å². The van der Waals surface area contributed by atoms with Crippen molar-refractivity contribution in [2.24, 2.45) is 5.92 Å². The van der Waals surface area contributed by atoms with Gasteiger partial charge in [0.25, 0.3) is 5.91 Å². The molecule has 0 bridgehead atoms. The number of guanidine groups is 1. The van der Waals surface area contributed by atoms with Crippen LogP contribution < -0.4 is 5.32 Å². The van der Waals surface area contributed by atoms with E-state index in [1.165, 1.54) is 4.90 Å². The minimum absolute atomic E-state index is 0.0860. The Morgan fingerprint density at radius 1 is 1.19 bits per heavy atom. The van der Waals surface area contributed by atoms with Crippen LogP contribution in [-0.4, -0.2) is 47.2 Å². The van der Waals surface area contributed by atoms with Crippen molar-refractivity contribution in [3.63, 3.8) is 0 Å². The van der Waals surface area contributed by atoms with Crippen LogP contribution in [-0.2, 0) is 15.1 Å². The lowest BCUT2D eigenvalue weighted by atomic mass is 9.89. The smallest absolute Gasteiger partial charge is 0.259 e. The van der Waals surface area contributed by atoms with Gasteiger partial charge in [0.2, 0.25) is 5.91 Å². The number of nitriles is 1. The number of piperidine rings is 1. The first-order valence-corrected chi connectivity index (χ1v) is 10.9. The van der Waals surface area contributed by atoms with E-state index in [9.17, 15) is 14.9 Å². The van der Waals surface area contributed by atoms with Crippen LogP contribution in [0, 0.1) is 22.7 Å². The van der Waals surface area contributed by atoms with Gasteiger partial charge in [0.1, 0.15) is 5.54 Å². The number of likely N-dealkylation sites (tertiary alicyclic amines) is 1. The van der Waals surface area contributed by atoms with Crippen molar-refractivity contribution < 1.29 is 9.59 Å². The van der Waals surface area contributed by atoms with Crippen LogP contribution >= 0.6 is 0 Å². The summed E-state index contributed by atoms with van der Waals surface area (Å²) in [7, 11) is 0. The van der Waals surface area contributed by atoms with Crippen LogP contribution in [0.3, 0.4) is 0 Å². The molecule has 0 aliphatic carbocycles. The molecule has 2 aliphatic heterocycles. The fraction of sp³-hybridized carbons (Fsp3) is 0.360. The molecule has 2 N–H and O–H groups in total. The zero-order valence-electron chi connectivity index (χ0n) is 18.4. The van der Waals surface area contributed by atoms with Gasteiger partial charge < -0.3 is 10.2 Å². The van der Waals surface area contributed by atoms with E-state index in [4.69, 9.17) is 5.41 Å². The molecule has 32 heavy (non-hydrogen) atoms. The summed E-state index contributed by atoms with van der Waals surface area (Å²) in [6, 6.07) is 17.2. The lowest BCUT2D eigenvalue weighted by molar-refractivity contribution is -0.133. The van der Waals surface area contributed by atoms with E-state index in [0.29, 0.717) is 25.2 Å². The topological polar surface area (TPSA) is 100 Å². The number of rotatable bonds is 4. The monoisotopic (exact) mass is 429 g/mol. The van der Waals surface area contributed by atoms with Crippen LogP contribution in [0.1, 0.15) is 37.8 Å². The Morgan fingerprint density at radius 2 is 1.84 bits per heavy atom. The van der Waals surface area contributed by atoms with Crippen LogP contribution in [0.5, 0.6) is 0 Å². The number of carbonyl (C=O) groups excluding carboxylic acids is 2. The maximum absolute atomic E-state index is 13.4. The van der Waals surface area contributed by atoms with Gasteiger partial charge in [0, 0.05) is 26.6 Å². The van der Waals surface area contributed by atoms with Crippen molar-refractivity contribution in [2.75, 3.05) is 19.6 Å².